The summed E-state index contributed by atoms with van der Waals surface area (Å²) in [7, 11) is 1.71. The van der Waals surface area contributed by atoms with Crippen LogP contribution in [0.3, 0.4) is 0 Å². The second-order valence-corrected chi connectivity index (χ2v) is 3.65. The van der Waals surface area contributed by atoms with Gasteiger partial charge in [-0.2, -0.15) is 0 Å². The largest absolute Gasteiger partial charge is 0.417 e. The van der Waals surface area contributed by atoms with E-state index < -0.39 is 5.76 Å². The van der Waals surface area contributed by atoms with E-state index in [0.29, 0.717) is 17.6 Å². The quantitative estimate of drug-likeness (QED) is 0.693. The van der Waals surface area contributed by atoms with Gasteiger partial charge in [0.05, 0.1) is 12.1 Å². The minimum atomic E-state index is -0.476. The SMILES string of the molecule is CNCC(=O)NCc1ccc2oc(=O)[nH]c2c1. The number of rotatable bonds is 4. The minimum absolute atomic E-state index is 0.0757. The maximum atomic E-state index is 11.2. The number of amides is 1. The van der Waals surface area contributed by atoms with Crippen LogP contribution in [0.2, 0.25) is 0 Å². The van der Waals surface area contributed by atoms with Gasteiger partial charge in [0, 0.05) is 6.54 Å². The number of carbonyl (C=O) groups is 1. The number of hydrogen-bond donors (Lipinski definition) is 3. The fourth-order valence-electron chi connectivity index (χ4n) is 1.53. The van der Waals surface area contributed by atoms with Crippen molar-refractivity contribution in [1.82, 2.24) is 15.6 Å². The Balaban J connectivity index is 2.08. The van der Waals surface area contributed by atoms with Gasteiger partial charge in [-0.05, 0) is 24.7 Å². The third kappa shape index (κ3) is 2.73. The Morgan fingerprint density at radius 1 is 1.47 bits per heavy atom. The molecule has 0 atom stereocenters. The summed E-state index contributed by atoms with van der Waals surface area (Å²) in [4.78, 5) is 24.7. The van der Waals surface area contributed by atoms with Crippen LogP contribution in [0, 0.1) is 0 Å². The van der Waals surface area contributed by atoms with Crippen molar-refractivity contribution >= 4 is 17.0 Å². The first-order valence-corrected chi connectivity index (χ1v) is 5.22. The highest BCUT2D eigenvalue weighted by Crippen LogP contribution is 2.11. The summed E-state index contributed by atoms with van der Waals surface area (Å²) >= 11 is 0. The molecule has 3 N–H and O–H groups in total. The number of carbonyl (C=O) groups excluding carboxylic acids is 1. The second kappa shape index (κ2) is 4.84. The van der Waals surface area contributed by atoms with Crippen LogP contribution in [-0.2, 0) is 11.3 Å². The lowest BCUT2D eigenvalue weighted by Gasteiger charge is -2.04. The molecule has 0 radical (unpaired) electrons. The number of aromatic amines is 1. The molecule has 6 nitrogen and oxygen atoms in total. The monoisotopic (exact) mass is 235 g/mol. The average molecular weight is 235 g/mol. The standard InChI is InChI=1S/C11H13N3O3/c1-12-6-10(15)13-5-7-2-3-9-8(4-7)14-11(16)17-9/h2-4,12H,5-6H2,1H3,(H,13,15)(H,14,16). The summed E-state index contributed by atoms with van der Waals surface area (Å²) in [6.07, 6.45) is 0. The van der Waals surface area contributed by atoms with E-state index in [0.717, 1.165) is 5.56 Å². The molecule has 0 aliphatic rings. The molecule has 1 aromatic heterocycles. The molecule has 0 aliphatic heterocycles. The fourth-order valence-corrected chi connectivity index (χ4v) is 1.53. The van der Waals surface area contributed by atoms with E-state index in [-0.39, 0.29) is 12.5 Å². The van der Waals surface area contributed by atoms with Gasteiger partial charge < -0.3 is 15.1 Å². The number of nitrogens with one attached hydrogen (secondary N) is 3. The van der Waals surface area contributed by atoms with Gasteiger partial charge in [0.1, 0.15) is 0 Å². The Kier molecular flexibility index (Phi) is 3.24. The molecule has 6 heteroatoms. The van der Waals surface area contributed by atoms with Gasteiger partial charge >= 0.3 is 5.76 Å². The van der Waals surface area contributed by atoms with E-state index in [2.05, 4.69) is 15.6 Å². The number of hydrogen-bond acceptors (Lipinski definition) is 4. The molecule has 1 aromatic carbocycles. The number of aromatic nitrogens is 1. The first-order valence-electron chi connectivity index (χ1n) is 5.22. The Hall–Kier alpha value is -2.08. The third-order valence-electron chi connectivity index (χ3n) is 2.31. The first-order chi connectivity index (χ1) is 8.19. The van der Waals surface area contributed by atoms with Gasteiger partial charge in [-0.3, -0.25) is 9.78 Å². The van der Waals surface area contributed by atoms with E-state index in [1.54, 1.807) is 25.2 Å². The van der Waals surface area contributed by atoms with Gasteiger partial charge in [0.25, 0.3) is 0 Å². The summed E-state index contributed by atoms with van der Waals surface area (Å²) in [6.45, 7) is 0.703. The average Bonchev–Trinajstić information content (AvgIpc) is 2.66. The molecule has 1 heterocycles. The molecule has 17 heavy (non-hydrogen) atoms. The lowest BCUT2D eigenvalue weighted by molar-refractivity contribution is -0.120. The highest BCUT2D eigenvalue weighted by atomic mass is 16.4. The van der Waals surface area contributed by atoms with E-state index in [4.69, 9.17) is 4.42 Å². The fraction of sp³-hybridized carbons (Fsp3) is 0.273. The number of oxazole rings is 1. The summed E-state index contributed by atoms with van der Waals surface area (Å²) in [6, 6.07) is 5.28. The number of H-pyrrole nitrogens is 1. The van der Waals surface area contributed by atoms with Gasteiger partial charge in [-0.15, -0.1) is 0 Å². The number of likely N-dealkylation sites (N-methyl/N-ethyl adjacent to an activating group) is 1. The molecule has 0 bridgehead atoms. The summed E-state index contributed by atoms with van der Waals surface area (Å²) < 4.78 is 4.88. The number of fused-ring (bicyclic) bond motifs is 1. The molecule has 2 rings (SSSR count). The van der Waals surface area contributed by atoms with Crippen LogP contribution >= 0.6 is 0 Å². The lowest BCUT2D eigenvalue weighted by atomic mass is 10.2. The van der Waals surface area contributed by atoms with Crippen molar-refractivity contribution in [3.63, 3.8) is 0 Å². The predicted octanol–water partition coefficient (Wildman–Crippen LogP) is -0.0433. The zero-order chi connectivity index (χ0) is 12.3. The normalized spacial score (nSPS) is 10.6. The molecule has 0 saturated heterocycles. The van der Waals surface area contributed by atoms with Gasteiger partial charge in [-0.25, -0.2) is 4.79 Å². The van der Waals surface area contributed by atoms with Crippen molar-refractivity contribution in [1.29, 1.82) is 0 Å². The van der Waals surface area contributed by atoms with Crippen LogP contribution in [0.5, 0.6) is 0 Å². The lowest BCUT2D eigenvalue weighted by Crippen LogP contribution is -2.31. The van der Waals surface area contributed by atoms with Crippen molar-refractivity contribution in [2.24, 2.45) is 0 Å². The van der Waals surface area contributed by atoms with E-state index in [1.165, 1.54) is 0 Å². The van der Waals surface area contributed by atoms with Crippen LogP contribution in [0.1, 0.15) is 5.56 Å². The van der Waals surface area contributed by atoms with Gasteiger partial charge in [-0.1, -0.05) is 6.07 Å². The zero-order valence-corrected chi connectivity index (χ0v) is 9.37. The molecule has 0 fully saturated rings. The summed E-state index contributed by atoms with van der Waals surface area (Å²) in [5.74, 6) is -0.551. The van der Waals surface area contributed by atoms with Crippen molar-refractivity contribution in [3.8, 4) is 0 Å². The van der Waals surface area contributed by atoms with Crippen molar-refractivity contribution in [2.75, 3.05) is 13.6 Å². The number of benzene rings is 1. The molecule has 1 amide bonds. The Labute approximate surface area is 97.0 Å². The molecule has 0 aliphatic carbocycles. The van der Waals surface area contributed by atoms with Crippen LogP contribution in [0.25, 0.3) is 11.1 Å². The van der Waals surface area contributed by atoms with Crippen molar-refractivity contribution < 1.29 is 9.21 Å². The zero-order valence-electron chi connectivity index (χ0n) is 9.37. The van der Waals surface area contributed by atoms with Crippen LogP contribution < -0.4 is 16.4 Å². The second-order valence-electron chi connectivity index (χ2n) is 3.65. The van der Waals surface area contributed by atoms with Crippen LogP contribution in [0.4, 0.5) is 0 Å². The smallest absolute Gasteiger partial charge is 0.408 e. The maximum Gasteiger partial charge on any atom is 0.417 e. The van der Waals surface area contributed by atoms with E-state index >= 15 is 0 Å². The maximum absolute atomic E-state index is 11.2. The van der Waals surface area contributed by atoms with Crippen LogP contribution in [0.15, 0.2) is 27.4 Å². The highest BCUT2D eigenvalue weighted by Gasteiger charge is 2.03. The Morgan fingerprint density at radius 3 is 3.06 bits per heavy atom. The van der Waals surface area contributed by atoms with Gasteiger partial charge in [0.2, 0.25) is 5.91 Å². The van der Waals surface area contributed by atoms with Crippen molar-refractivity contribution in [3.05, 3.63) is 34.3 Å². The van der Waals surface area contributed by atoms with Crippen LogP contribution in [-0.4, -0.2) is 24.5 Å². The van der Waals surface area contributed by atoms with Gasteiger partial charge in [0.15, 0.2) is 5.58 Å². The van der Waals surface area contributed by atoms with Crippen molar-refractivity contribution in [2.45, 2.75) is 6.54 Å². The van der Waals surface area contributed by atoms with E-state index in [9.17, 15) is 9.59 Å². The molecule has 2 aromatic rings. The third-order valence-corrected chi connectivity index (χ3v) is 2.31. The predicted molar refractivity (Wildman–Crippen MR) is 62.6 cm³/mol. The molecule has 0 unspecified atom stereocenters. The summed E-state index contributed by atoms with van der Waals surface area (Å²) in [5, 5.41) is 5.51. The molecule has 0 spiro atoms. The first kappa shape index (κ1) is 11.4. The minimum Gasteiger partial charge on any atom is -0.408 e. The Bertz CT molecular complexity index is 585. The summed E-state index contributed by atoms with van der Waals surface area (Å²) in [5.41, 5.74) is 2.05. The topological polar surface area (TPSA) is 87.1 Å². The molecule has 0 saturated carbocycles. The highest BCUT2D eigenvalue weighted by molar-refractivity contribution is 5.78. The molecule has 90 valence electrons. The van der Waals surface area contributed by atoms with E-state index in [1.807, 2.05) is 0 Å². The Morgan fingerprint density at radius 2 is 2.29 bits per heavy atom. The molecular weight excluding hydrogens is 222 g/mol. The molecular formula is C11H13N3O3.